The summed E-state index contributed by atoms with van der Waals surface area (Å²) in [5.41, 5.74) is 9.91. The highest BCUT2D eigenvalue weighted by atomic mass is 16.3. The summed E-state index contributed by atoms with van der Waals surface area (Å²) < 4.78 is 12.8. The van der Waals surface area contributed by atoms with E-state index in [0.717, 1.165) is 78.5 Å². The van der Waals surface area contributed by atoms with Crippen molar-refractivity contribution in [2.75, 3.05) is 0 Å². The van der Waals surface area contributed by atoms with E-state index in [1.165, 1.54) is 5.56 Å². The zero-order valence-corrected chi connectivity index (χ0v) is 26.2. The number of furan rings is 2. The molecule has 0 aliphatic heterocycles. The molecule has 5 aromatic carbocycles. The van der Waals surface area contributed by atoms with Crippen molar-refractivity contribution in [3.63, 3.8) is 0 Å². The third-order valence-electron chi connectivity index (χ3n) is 8.92. The van der Waals surface area contributed by atoms with E-state index in [1.54, 1.807) is 0 Å². The molecular weight excluding hydrogens is 590 g/mol. The molecule has 48 heavy (non-hydrogen) atoms. The van der Waals surface area contributed by atoms with Crippen LogP contribution >= 0.6 is 0 Å². The number of allylic oxidation sites excluding steroid dienone is 4. The van der Waals surface area contributed by atoms with Crippen molar-refractivity contribution in [2.24, 2.45) is 0 Å². The number of para-hydroxylation sites is 1. The van der Waals surface area contributed by atoms with Crippen molar-refractivity contribution in [1.82, 2.24) is 15.0 Å². The highest BCUT2D eigenvalue weighted by Gasteiger charge is 2.23. The molecule has 0 atom stereocenters. The van der Waals surface area contributed by atoms with E-state index in [-0.39, 0.29) is 0 Å². The third-order valence-corrected chi connectivity index (χ3v) is 8.92. The zero-order chi connectivity index (χ0) is 32.0. The predicted octanol–water partition coefficient (Wildman–Crippen LogP) is 11.3. The number of rotatable bonds is 6. The van der Waals surface area contributed by atoms with Crippen LogP contribution < -0.4 is 0 Å². The van der Waals surface area contributed by atoms with Crippen molar-refractivity contribution in [2.45, 2.75) is 13.3 Å². The topological polar surface area (TPSA) is 65.0 Å². The van der Waals surface area contributed by atoms with Crippen molar-refractivity contribution < 1.29 is 8.83 Å². The van der Waals surface area contributed by atoms with Gasteiger partial charge in [0.25, 0.3) is 0 Å². The second-order valence-corrected chi connectivity index (χ2v) is 11.9. The summed E-state index contributed by atoms with van der Waals surface area (Å²) in [5, 5.41) is 3.25. The van der Waals surface area contributed by atoms with Crippen molar-refractivity contribution in [3.8, 4) is 45.0 Å². The maximum Gasteiger partial charge on any atom is 0.164 e. The molecule has 9 rings (SSSR count). The summed E-state index contributed by atoms with van der Waals surface area (Å²) in [6.45, 7) is 1.99. The Bertz CT molecular complexity index is 2590. The number of hydrogen-bond donors (Lipinski definition) is 0. The van der Waals surface area contributed by atoms with Gasteiger partial charge in [-0.15, -0.1) is 0 Å². The van der Waals surface area contributed by atoms with Gasteiger partial charge in [-0.2, -0.15) is 0 Å². The minimum absolute atomic E-state index is 0.571. The Balaban J connectivity index is 1.26. The Hall–Kier alpha value is -6.33. The maximum atomic E-state index is 6.51. The smallest absolute Gasteiger partial charge is 0.164 e. The quantitative estimate of drug-likeness (QED) is 0.173. The van der Waals surface area contributed by atoms with Crippen molar-refractivity contribution in [3.05, 3.63) is 151 Å². The number of benzene rings is 5. The molecular formula is C43H29N3O2. The normalized spacial score (nSPS) is 12.8. The summed E-state index contributed by atoms with van der Waals surface area (Å²) in [6.07, 6.45) is 12.9. The maximum absolute atomic E-state index is 6.51. The Morgan fingerprint density at radius 2 is 1.33 bits per heavy atom. The molecule has 0 N–H and O–H groups in total. The van der Waals surface area contributed by atoms with Crippen molar-refractivity contribution in [1.29, 1.82) is 0 Å². The van der Waals surface area contributed by atoms with Gasteiger partial charge < -0.3 is 8.83 Å². The Kier molecular flexibility index (Phi) is 6.68. The van der Waals surface area contributed by atoms with Gasteiger partial charge in [0.2, 0.25) is 0 Å². The molecule has 0 unspecified atom stereocenters. The first kappa shape index (κ1) is 27.9. The average molecular weight is 620 g/mol. The standard InChI is InChI=1S/C43H29N3O2/c1-2-3-5-20-39-44-42(29-23-21-28(22-24-29)27-12-6-4-7-13-27)46-43(45-39)30-25-34(41-32-14-8-9-17-35(32)48-38(41)26-30)31-15-10-19-37-40(31)33-16-11-18-36(33)47-37/h2-15,17-26H,16H2,1H3/b3-2-,20-5+. The molecule has 0 bridgehead atoms. The van der Waals surface area contributed by atoms with Gasteiger partial charge in [-0.25, -0.2) is 15.0 Å². The Morgan fingerprint density at radius 3 is 2.19 bits per heavy atom. The second kappa shape index (κ2) is 11.5. The summed E-state index contributed by atoms with van der Waals surface area (Å²) in [4.78, 5) is 14.9. The van der Waals surface area contributed by atoms with E-state index < -0.39 is 0 Å². The van der Waals surface area contributed by atoms with Gasteiger partial charge in [-0.05, 0) is 72.0 Å². The predicted molar refractivity (Wildman–Crippen MR) is 195 cm³/mol. The molecule has 1 aliphatic rings. The molecule has 1 aliphatic carbocycles. The average Bonchev–Trinajstić information content (AvgIpc) is 3.85. The molecule has 5 heteroatoms. The zero-order valence-electron chi connectivity index (χ0n) is 26.2. The molecule has 0 saturated heterocycles. The molecule has 8 aromatic rings. The van der Waals surface area contributed by atoms with Gasteiger partial charge in [0.15, 0.2) is 17.5 Å². The Labute approximate surface area is 277 Å². The van der Waals surface area contributed by atoms with Crippen LogP contribution in [-0.2, 0) is 6.42 Å². The highest BCUT2D eigenvalue weighted by molar-refractivity contribution is 6.16. The molecule has 228 valence electrons. The van der Waals surface area contributed by atoms with Crippen LogP contribution in [0.2, 0.25) is 0 Å². The van der Waals surface area contributed by atoms with Crippen LogP contribution in [0.15, 0.2) is 142 Å². The summed E-state index contributed by atoms with van der Waals surface area (Å²) in [5.74, 6) is 2.68. The molecule has 0 saturated carbocycles. The number of aromatic nitrogens is 3. The lowest BCUT2D eigenvalue weighted by molar-refractivity contribution is 0.603. The first-order chi connectivity index (χ1) is 23.7. The van der Waals surface area contributed by atoms with E-state index in [9.17, 15) is 0 Å². The lowest BCUT2D eigenvalue weighted by Gasteiger charge is -2.11. The number of hydrogen-bond acceptors (Lipinski definition) is 5. The SMILES string of the molecule is C/C=C\C=C\c1nc(-c2ccc(-c3ccccc3)cc2)nc(-c2cc(-c3cccc4oc5c(c34)CC=C5)c3c(c2)oc2ccccc23)n1. The first-order valence-corrected chi connectivity index (χ1v) is 16.1. The van der Waals surface area contributed by atoms with Gasteiger partial charge in [0.1, 0.15) is 22.5 Å². The van der Waals surface area contributed by atoms with Gasteiger partial charge in [-0.1, -0.05) is 109 Å². The lowest BCUT2D eigenvalue weighted by Crippen LogP contribution is -2.00. The van der Waals surface area contributed by atoms with Crippen molar-refractivity contribution >= 4 is 45.1 Å². The van der Waals surface area contributed by atoms with E-state index in [4.69, 9.17) is 23.8 Å². The fourth-order valence-corrected chi connectivity index (χ4v) is 6.69. The van der Waals surface area contributed by atoms with Gasteiger partial charge >= 0.3 is 0 Å². The fraction of sp³-hybridized carbons (Fsp3) is 0.0465. The van der Waals surface area contributed by atoms with E-state index in [1.807, 2.05) is 55.5 Å². The number of fused-ring (bicyclic) bond motifs is 6. The largest absolute Gasteiger partial charge is 0.456 e. The summed E-state index contributed by atoms with van der Waals surface area (Å²) in [7, 11) is 0. The Morgan fingerprint density at radius 1 is 0.583 bits per heavy atom. The van der Waals surface area contributed by atoms with Crippen LogP contribution in [0.25, 0.3) is 90.1 Å². The fourth-order valence-electron chi connectivity index (χ4n) is 6.69. The van der Waals surface area contributed by atoms with Crippen LogP contribution in [0.5, 0.6) is 0 Å². The van der Waals surface area contributed by atoms with Crippen LogP contribution in [0.4, 0.5) is 0 Å². The molecule has 3 heterocycles. The second-order valence-electron chi connectivity index (χ2n) is 11.9. The van der Waals surface area contributed by atoms with E-state index in [0.29, 0.717) is 17.5 Å². The van der Waals surface area contributed by atoms with Crippen LogP contribution in [0.1, 0.15) is 24.1 Å². The third kappa shape index (κ3) is 4.76. The molecule has 0 amide bonds. The van der Waals surface area contributed by atoms with E-state index >= 15 is 0 Å². The minimum Gasteiger partial charge on any atom is -0.456 e. The van der Waals surface area contributed by atoms with Crippen LogP contribution in [0, 0.1) is 0 Å². The minimum atomic E-state index is 0.571. The molecule has 0 spiro atoms. The molecule has 0 fully saturated rings. The van der Waals surface area contributed by atoms with E-state index in [2.05, 4.69) is 97.1 Å². The van der Waals surface area contributed by atoms with Gasteiger partial charge in [-0.3, -0.25) is 0 Å². The highest BCUT2D eigenvalue weighted by Crippen LogP contribution is 2.44. The summed E-state index contributed by atoms with van der Waals surface area (Å²) in [6, 6.07) is 37.4. The lowest BCUT2D eigenvalue weighted by atomic mass is 9.93. The van der Waals surface area contributed by atoms with Crippen LogP contribution in [-0.4, -0.2) is 15.0 Å². The molecule has 3 aromatic heterocycles. The van der Waals surface area contributed by atoms with Gasteiger partial charge in [0, 0.05) is 32.8 Å². The number of nitrogens with zero attached hydrogens (tertiary/aromatic N) is 3. The summed E-state index contributed by atoms with van der Waals surface area (Å²) >= 11 is 0. The monoisotopic (exact) mass is 619 g/mol. The first-order valence-electron chi connectivity index (χ1n) is 16.1. The molecule has 5 nitrogen and oxygen atoms in total. The van der Waals surface area contributed by atoms with Gasteiger partial charge in [0.05, 0.1) is 0 Å². The molecule has 0 radical (unpaired) electrons. The van der Waals surface area contributed by atoms with Crippen LogP contribution in [0.3, 0.4) is 0 Å².